The molecule has 2 saturated heterocycles. The number of carbonyl (C=O) groups excluding carboxylic acids is 2. The summed E-state index contributed by atoms with van der Waals surface area (Å²) >= 11 is 0. The number of likely N-dealkylation sites (N-methyl/N-ethyl adjacent to an activating group) is 1. The third kappa shape index (κ3) is 25.8. The summed E-state index contributed by atoms with van der Waals surface area (Å²) in [6, 6.07) is 0. The first kappa shape index (κ1) is 39.2. The maximum Gasteiger partial charge on any atom is 0.350 e. The molecule has 0 aromatic rings. The Morgan fingerprint density at radius 1 is 0.861 bits per heavy atom. The molecule has 0 aromatic heterocycles. The van der Waals surface area contributed by atoms with E-state index in [1.807, 2.05) is 0 Å². The molecule has 2 heterocycles. The minimum absolute atomic E-state index is 0.0709. The molecule has 0 spiro atoms. The molecule has 2 fully saturated rings. The summed E-state index contributed by atoms with van der Waals surface area (Å²) in [4.78, 5) is 25.8. The minimum atomic E-state index is -0.234. The Balaban J connectivity index is -0.000000450. The van der Waals surface area contributed by atoms with Crippen molar-refractivity contribution in [2.24, 2.45) is 11.8 Å². The number of rotatable bonds is 9. The predicted molar refractivity (Wildman–Crippen MR) is 142 cm³/mol. The van der Waals surface area contributed by atoms with Crippen LogP contribution >= 0.6 is 0 Å². The van der Waals surface area contributed by atoms with Crippen LogP contribution in [0.5, 0.6) is 0 Å². The molecule has 2 radical (unpaired) electrons. The first-order chi connectivity index (χ1) is 17.4. The van der Waals surface area contributed by atoms with Gasteiger partial charge in [-0.25, -0.2) is 0 Å². The number of nitrogens with zero attached hydrogens (tertiary/aromatic N) is 2. The number of piperidine rings is 2. The zero-order chi connectivity index (χ0) is 28.2. The van der Waals surface area contributed by atoms with Crippen molar-refractivity contribution in [2.75, 3.05) is 81.9 Å². The summed E-state index contributed by atoms with van der Waals surface area (Å²) in [5.41, 5.74) is 0. The van der Waals surface area contributed by atoms with Gasteiger partial charge in [0.05, 0.1) is 27.9 Å². The SMILES string of the molecule is CF.CN1CCC(CCO)CC1.CNCC(=O)OC.COC(=O)CCCCC1CCN(C)CC1.[B]F. The number of unbranched alkanes of at least 4 members (excludes halogenated alkanes) is 1. The zero-order valence-electron chi connectivity index (χ0n) is 23.6. The van der Waals surface area contributed by atoms with Crippen LogP contribution in [0.1, 0.15) is 57.8 Å². The van der Waals surface area contributed by atoms with Crippen molar-refractivity contribution in [1.82, 2.24) is 15.1 Å². The normalized spacial score (nSPS) is 16.4. The number of esters is 2. The molecule has 8 nitrogen and oxygen atoms in total. The fourth-order valence-corrected chi connectivity index (χ4v) is 3.90. The molecule has 36 heavy (non-hydrogen) atoms. The number of aliphatic hydroxyl groups is 1. The number of methoxy groups -OCH3 is 2. The second-order valence-corrected chi connectivity index (χ2v) is 8.93. The quantitative estimate of drug-likeness (QED) is 0.271. The molecule has 11 heteroatoms. The van der Waals surface area contributed by atoms with E-state index in [9.17, 15) is 14.0 Å². The monoisotopic (exact) mass is 523 g/mol. The number of likely N-dealkylation sites (tertiary alicyclic amines) is 2. The van der Waals surface area contributed by atoms with Crippen LogP contribution < -0.4 is 5.32 Å². The molecular weight excluding hydrogens is 471 g/mol. The largest absolute Gasteiger partial charge is 0.469 e. The first-order valence-corrected chi connectivity index (χ1v) is 12.7. The van der Waals surface area contributed by atoms with Gasteiger partial charge in [0.1, 0.15) is 0 Å². The van der Waals surface area contributed by atoms with Gasteiger partial charge in [0.15, 0.2) is 0 Å². The van der Waals surface area contributed by atoms with Crippen molar-refractivity contribution < 1.29 is 32.9 Å². The molecule has 0 aliphatic carbocycles. The Morgan fingerprint density at radius 2 is 1.28 bits per heavy atom. The summed E-state index contributed by atoms with van der Waals surface area (Å²) in [5, 5.41) is 11.3. The number of hydrogen-bond donors (Lipinski definition) is 2. The fraction of sp³-hybridized carbons (Fsp3) is 0.920. The van der Waals surface area contributed by atoms with E-state index < -0.39 is 0 Å². The molecule has 0 atom stereocenters. The maximum atomic E-state index is 10.9. The highest BCUT2D eigenvalue weighted by atomic mass is 19.1. The number of carbonyl (C=O) groups is 2. The van der Waals surface area contributed by atoms with Crippen LogP contribution in [0.25, 0.3) is 0 Å². The predicted octanol–water partition coefficient (Wildman–Crippen LogP) is 2.78. The zero-order valence-corrected chi connectivity index (χ0v) is 23.6. The van der Waals surface area contributed by atoms with Gasteiger partial charge < -0.3 is 34.0 Å². The van der Waals surface area contributed by atoms with Crippen molar-refractivity contribution in [3.05, 3.63) is 0 Å². The summed E-state index contributed by atoms with van der Waals surface area (Å²) in [6.07, 6.45) is 10.2. The van der Waals surface area contributed by atoms with E-state index >= 15 is 0 Å². The lowest BCUT2D eigenvalue weighted by Crippen LogP contribution is -2.30. The molecular formula is C25H52BF2N3O5. The van der Waals surface area contributed by atoms with Crippen molar-refractivity contribution in [1.29, 1.82) is 0 Å². The van der Waals surface area contributed by atoms with Crippen LogP contribution in [0.2, 0.25) is 0 Å². The lowest BCUT2D eigenvalue weighted by molar-refractivity contribution is -0.141. The van der Waals surface area contributed by atoms with Crippen LogP contribution in [0, 0.1) is 11.8 Å². The number of alkyl halides is 1. The molecule has 0 unspecified atom stereocenters. The smallest absolute Gasteiger partial charge is 0.350 e. The lowest BCUT2D eigenvalue weighted by Gasteiger charge is -2.28. The summed E-state index contributed by atoms with van der Waals surface area (Å²) < 4.78 is 27.4. The van der Waals surface area contributed by atoms with Gasteiger partial charge in [-0.1, -0.05) is 12.8 Å². The third-order valence-electron chi connectivity index (χ3n) is 6.23. The van der Waals surface area contributed by atoms with Crippen LogP contribution in [0.3, 0.4) is 0 Å². The lowest BCUT2D eigenvalue weighted by atomic mass is 9.91. The molecule has 0 amide bonds. The fourth-order valence-electron chi connectivity index (χ4n) is 3.90. The van der Waals surface area contributed by atoms with Gasteiger partial charge in [-0.05, 0) is 97.7 Å². The molecule has 2 aliphatic rings. The molecule has 0 saturated carbocycles. The van der Waals surface area contributed by atoms with Crippen LogP contribution in [-0.4, -0.2) is 117 Å². The standard InChI is InChI=1S/C12H23NO2.C8H17NO.C4H9NO2.CH3F.BF/c1-13-9-7-11(8-10-13)5-3-4-6-12(14)15-2;1-9-5-2-8(3-6-9)4-7-10;1-5-3-4(6)7-2;2*1-2/h11H,3-10H2,1-2H3;8,10H,2-7H2,1H3;5H,3H2,1-2H3;1H3;. The number of halogens is 2. The van der Waals surface area contributed by atoms with Gasteiger partial charge in [-0.2, -0.15) is 0 Å². The van der Waals surface area contributed by atoms with Crippen LogP contribution in [-0.2, 0) is 19.1 Å². The van der Waals surface area contributed by atoms with Crippen molar-refractivity contribution in [3.8, 4) is 0 Å². The van der Waals surface area contributed by atoms with Gasteiger partial charge in [-0.15, -0.1) is 0 Å². The summed E-state index contributed by atoms with van der Waals surface area (Å²) in [6.45, 7) is 5.56. The highest BCUT2D eigenvalue weighted by Gasteiger charge is 2.16. The molecule has 0 bridgehead atoms. The highest BCUT2D eigenvalue weighted by molar-refractivity contribution is 5.96. The van der Waals surface area contributed by atoms with E-state index in [0.717, 1.165) is 24.7 Å². The molecule has 2 N–H and O–H groups in total. The van der Waals surface area contributed by atoms with E-state index in [2.05, 4.69) is 46.8 Å². The first-order valence-electron chi connectivity index (χ1n) is 12.7. The Kier molecular flexibility index (Phi) is 32.6. The van der Waals surface area contributed by atoms with Gasteiger partial charge in [-0.3, -0.25) is 14.0 Å². The second-order valence-electron chi connectivity index (χ2n) is 8.93. The van der Waals surface area contributed by atoms with E-state index in [1.165, 1.54) is 78.9 Å². The van der Waals surface area contributed by atoms with Crippen molar-refractivity contribution in [3.63, 3.8) is 0 Å². The van der Waals surface area contributed by atoms with E-state index in [0.29, 0.717) is 20.2 Å². The maximum absolute atomic E-state index is 10.9. The van der Waals surface area contributed by atoms with Gasteiger partial charge in [0.25, 0.3) is 0 Å². The van der Waals surface area contributed by atoms with Crippen LogP contribution in [0.15, 0.2) is 0 Å². The van der Waals surface area contributed by atoms with E-state index in [4.69, 9.17) is 9.42 Å². The van der Waals surface area contributed by atoms with Crippen molar-refractivity contribution >= 4 is 20.1 Å². The Labute approximate surface area is 219 Å². The second kappa shape index (κ2) is 29.9. The average molecular weight is 524 g/mol. The Hall–Kier alpha value is -1.30. The third-order valence-corrected chi connectivity index (χ3v) is 6.23. The number of hydrogen-bond acceptors (Lipinski definition) is 8. The molecule has 2 rings (SSSR count). The number of ether oxygens (including phenoxy) is 2. The highest BCUT2D eigenvalue weighted by Crippen LogP contribution is 2.22. The molecule has 0 aromatic carbocycles. The Morgan fingerprint density at radius 3 is 1.61 bits per heavy atom. The summed E-state index contributed by atoms with van der Waals surface area (Å²) in [7, 11) is 12.4. The van der Waals surface area contributed by atoms with E-state index in [-0.39, 0.29) is 18.5 Å². The molecule has 2 aliphatic heterocycles. The minimum Gasteiger partial charge on any atom is -0.469 e. The van der Waals surface area contributed by atoms with Gasteiger partial charge in [0.2, 0.25) is 0 Å². The number of nitrogens with one attached hydrogen (secondary N) is 1. The average Bonchev–Trinajstić information content (AvgIpc) is 2.92. The van der Waals surface area contributed by atoms with Crippen LogP contribution in [0.4, 0.5) is 8.71 Å². The summed E-state index contributed by atoms with van der Waals surface area (Å²) in [5.74, 6) is 1.38. The topological polar surface area (TPSA) is 91.3 Å². The van der Waals surface area contributed by atoms with Gasteiger partial charge >= 0.3 is 20.1 Å². The molecule has 214 valence electrons. The van der Waals surface area contributed by atoms with Gasteiger partial charge in [0, 0.05) is 13.0 Å². The van der Waals surface area contributed by atoms with E-state index in [1.54, 1.807) is 7.05 Å². The Bertz CT molecular complexity index is 481. The van der Waals surface area contributed by atoms with Crippen molar-refractivity contribution in [2.45, 2.75) is 57.8 Å². The number of aliphatic hydroxyl groups excluding tert-OH is 1.